The molecular formula is C38H25ClO6. The van der Waals surface area contributed by atoms with Gasteiger partial charge in [-0.15, -0.1) is 0 Å². The van der Waals surface area contributed by atoms with Gasteiger partial charge in [-0.1, -0.05) is 109 Å². The molecule has 45 heavy (non-hydrogen) atoms. The van der Waals surface area contributed by atoms with E-state index in [0.717, 1.165) is 21.5 Å². The van der Waals surface area contributed by atoms with Crippen molar-refractivity contribution >= 4 is 66.6 Å². The van der Waals surface area contributed by atoms with Crippen molar-refractivity contribution < 1.29 is 28.5 Å². The minimum absolute atomic E-state index is 0.331. The fourth-order valence-electron chi connectivity index (χ4n) is 5.52. The van der Waals surface area contributed by atoms with Crippen LogP contribution < -0.4 is 18.9 Å². The average Bonchev–Trinajstić information content (AvgIpc) is 3.06. The Morgan fingerprint density at radius 2 is 0.889 bits per heavy atom. The summed E-state index contributed by atoms with van der Waals surface area (Å²) < 4.78 is 23.7. The molecule has 0 N–H and O–H groups in total. The molecule has 0 aliphatic rings. The average molecular weight is 613 g/mol. The van der Waals surface area contributed by atoms with E-state index >= 15 is 0 Å². The Bertz CT molecular complexity index is 2230. The molecule has 0 amide bonds. The second-order valence-corrected chi connectivity index (χ2v) is 10.8. The summed E-state index contributed by atoms with van der Waals surface area (Å²) in [6, 6.07) is 39.2. The number of halogens is 1. The van der Waals surface area contributed by atoms with Crippen LogP contribution in [0.2, 0.25) is 5.02 Å². The molecule has 220 valence electrons. The summed E-state index contributed by atoms with van der Waals surface area (Å²) in [5.41, 5.74) is 0. The van der Waals surface area contributed by atoms with Crippen LogP contribution in [0.5, 0.6) is 23.0 Å². The maximum absolute atomic E-state index is 13.0. The van der Waals surface area contributed by atoms with Crippen LogP contribution in [0.1, 0.15) is 0 Å². The van der Waals surface area contributed by atoms with E-state index in [1.54, 1.807) is 30.3 Å². The molecule has 0 saturated carbocycles. The SMILES string of the molecule is O=C(COc1c2ccccc2c(OCC(=O)Oc2cccc3ccccc23)c2cc(Cl)ccc12)Oc1cccc2ccccc12. The Labute approximate surface area is 263 Å². The van der Waals surface area contributed by atoms with Crippen molar-refractivity contribution in [3.05, 3.63) is 132 Å². The van der Waals surface area contributed by atoms with Gasteiger partial charge in [0, 0.05) is 37.3 Å². The van der Waals surface area contributed by atoms with Crippen LogP contribution in [0, 0.1) is 0 Å². The quantitative estimate of drug-likeness (QED) is 0.0969. The maximum Gasteiger partial charge on any atom is 0.349 e. The second-order valence-electron chi connectivity index (χ2n) is 10.4. The van der Waals surface area contributed by atoms with Crippen LogP contribution in [0.4, 0.5) is 0 Å². The normalized spacial score (nSPS) is 11.1. The van der Waals surface area contributed by atoms with E-state index in [9.17, 15) is 9.59 Å². The molecule has 0 radical (unpaired) electrons. The number of benzene rings is 7. The first-order valence-corrected chi connectivity index (χ1v) is 14.7. The van der Waals surface area contributed by atoms with Gasteiger partial charge in [-0.3, -0.25) is 0 Å². The Hall–Kier alpha value is -5.59. The molecule has 0 saturated heterocycles. The highest BCUT2D eigenvalue weighted by atomic mass is 35.5. The lowest BCUT2D eigenvalue weighted by molar-refractivity contribution is -0.137. The Balaban J connectivity index is 1.17. The molecule has 7 aromatic carbocycles. The summed E-state index contributed by atoms with van der Waals surface area (Å²) >= 11 is 6.42. The predicted molar refractivity (Wildman–Crippen MR) is 177 cm³/mol. The molecule has 7 heteroatoms. The lowest BCUT2D eigenvalue weighted by atomic mass is 10.0. The Morgan fingerprint density at radius 1 is 0.467 bits per heavy atom. The van der Waals surface area contributed by atoms with E-state index in [1.165, 1.54) is 0 Å². The number of carbonyl (C=O) groups is 2. The van der Waals surface area contributed by atoms with Crippen LogP contribution in [-0.2, 0) is 9.59 Å². The summed E-state index contributed by atoms with van der Waals surface area (Å²) in [6.45, 7) is -0.672. The molecule has 0 spiro atoms. The first-order chi connectivity index (χ1) is 22.0. The summed E-state index contributed by atoms with van der Waals surface area (Å²) in [6.07, 6.45) is 0. The minimum Gasteiger partial charge on any atom is -0.481 e. The highest BCUT2D eigenvalue weighted by molar-refractivity contribution is 6.31. The summed E-state index contributed by atoms with van der Waals surface area (Å²) in [4.78, 5) is 26.0. The van der Waals surface area contributed by atoms with E-state index in [0.29, 0.717) is 49.6 Å². The molecule has 0 unspecified atom stereocenters. The fourth-order valence-corrected chi connectivity index (χ4v) is 5.69. The summed E-state index contributed by atoms with van der Waals surface area (Å²) in [7, 11) is 0. The third-order valence-corrected chi connectivity index (χ3v) is 7.74. The molecule has 0 bridgehead atoms. The van der Waals surface area contributed by atoms with Crippen molar-refractivity contribution in [3.8, 4) is 23.0 Å². The van der Waals surface area contributed by atoms with Crippen molar-refractivity contribution in [2.75, 3.05) is 13.2 Å². The van der Waals surface area contributed by atoms with Crippen LogP contribution in [-0.4, -0.2) is 25.2 Å². The first kappa shape index (κ1) is 28.2. The van der Waals surface area contributed by atoms with Crippen LogP contribution in [0.15, 0.2) is 127 Å². The van der Waals surface area contributed by atoms with Gasteiger partial charge < -0.3 is 18.9 Å². The number of esters is 2. The van der Waals surface area contributed by atoms with Gasteiger partial charge in [0.2, 0.25) is 0 Å². The lowest BCUT2D eigenvalue weighted by Crippen LogP contribution is -2.19. The van der Waals surface area contributed by atoms with Gasteiger partial charge in [-0.2, -0.15) is 0 Å². The smallest absolute Gasteiger partial charge is 0.349 e. The lowest BCUT2D eigenvalue weighted by Gasteiger charge is -2.18. The van der Waals surface area contributed by atoms with E-state index in [4.69, 9.17) is 30.5 Å². The summed E-state index contributed by atoms with van der Waals surface area (Å²) in [5, 5.41) is 6.73. The minimum atomic E-state index is -0.554. The van der Waals surface area contributed by atoms with Crippen molar-refractivity contribution in [1.82, 2.24) is 0 Å². The zero-order chi connectivity index (χ0) is 30.8. The first-order valence-electron chi connectivity index (χ1n) is 14.3. The van der Waals surface area contributed by atoms with Gasteiger partial charge in [0.05, 0.1) is 0 Å². The molecule has 0 fully saturated rings. The van der Waals surface area contributed by atoms with E-state index in [-0.39, 0.29) is 13.2 Å². The molecule has 0 aliphatic heterocycles. The van der Waals surface area contributed by atoms with E-state index in [2.05, 4.69) is 0 Å². The van der Waals surface area contributed by atoms with Crippen molar-refractivity contribution in [3.63, 3.8) is 0 Å². The Morgan fingerprint density at radius 3 is 1.42 bits per heavy atom. The van der Waals surface area contributed by atoms with Crippen molar-refractivity contribution in [1.29, 1.82) is 0 Å². The highest BCUT2D eigenvalue weighted by Crippen LogP contribution is 2.43. The van der Waals surface area contributed by atoms with Gasteiger partial charge in [-0.05, 0) is 41.1 Å². The van der Waals surface area contributed by atoms with Crippen molar-refractivity contribution in [2.24, 2.45) is 0 Å². The molecule has 7 rings (SSSR count). The fraction of sp³-hybridized carbons (Fsp3) is 0.0526. The molecule has 0 aliphatic carbocycles. The van der Waals surface area contributed by atoms with Gasteiger partial charge in [0.25, 0.3) is 0 Å². The number of hydrogen-bond donors (Lipinski definition) is 0. The number of carbonyl (C=O) groups excluding carboxylic acids is 2. The number of ether oxygens (including phenoxy) is 4. The molecule has 6 nitrogen and oxygen atoms in total. The van der Waals surface area contributed by atoms with Gasteiger partial charge in [0.1, 0.15) is 23.0 Å². The maximum atomic E-state index is 13.0. The third-order valence-electron chi connectivity index (χ3n) is 7.50. The van der Waals surface area contributed by atoms with E-state index in [1.807, 2.05) is 97.1 Å². The number of hydrogen-bond acceptors (Lipinski definition) is 6. The zero-order valence-corrected chi connectivity index (χ0v) is 24.6. The van der Waals surface area contributed by atoms with Crippen LogP contribution in [0.3, 0.4) is 0 Å². The van der Waals surface area contributed by atoms with Crippen LogP contribution >= 0.6 is 11.6 Å². The van der Waals surface area contributed by atoms with Crippen LogP contribution in [0.25, 0.3) is 43.1 Å². The molecule has 0 heterocycles. The zero-order valence-electron chi connectivity index (χ0n) is 23.9. The molecule has 0 atom stereocenters. The van der Waals surface area contributed by atoms with Gasteiger partial charge in [0.15, 0.2) is 13.2 Å². The van der Waals surface area contributed by atoms with Crippen molar-refractivity contribution in [2.45, 2.75) is 0 Å². The standard InChI is InChI=1S/C38H25ClO6/c39-26-19-20-31-32(21-26)38(43-23-36(41)45-34-18-8-12-25-10-2-4-14-28(25)34)30-16-6-5-15-29(30)37(31)42-22-35(40)44-33-17-7-11-24-9-1-3-13-27(24)33/h1-21H,22-23H2. The van der Waals surface area contributed by atoms with Gasteiger partial charge in [-0.25, -0.2) is 9.59 Å². The highest BCUT2D eigenvalue weighted by Gasteiger charge is 2.20. The number of fused-ring (bicyclic) bond motifs is 4. The molecular weight excluding hydrogens is 588 g/mol. The molecule has 7 aromatic rings. The monoisotopic (exact) mass is 612 g/mol. The molecule has 0 aromatic heterocycles. The Kier molecular flexibility index (Phi) is 7.64. The largest absolute Gasteiger partial charge is 0.481 e. The topological polar surface area (TPSA) is 71.1 Å². The van der Waals surface area contributed by atoms with E-state index < -0.39 is 11.9 Å². The summed E-state index contributed by atoms with van der Waals surface area (Å²) in [5.74, 6) is 0.735. The van der Waals surface area contributed by atoms with Gasteiger partial charge >= 0.3 is 11.9 Å². The predicted octanol–water partition coefficient (Wildman–Crippen LogP) is 8.92. The second kappa shape index (κ2) is 12.2. The number of rotatable bonds is 8. The third kappa shape index (κ3) is 5.71.